The van der Waals surface area contributed by atoms with Crippen molar-refractivity contribution < 1.29 is 9.44 Å². The molecule has 0 saturated carbocycles. The lowest BCUT2D eigenvalue weighted by Gasteiger charge is -2.40. The second kappa shape index (κ2) is 9.83. The molecule has 0 fully saturated rings. The number of carbonyl (C=O) groups excluding carboxylic acids is 1. The van der Waals surface area contributed by atoms with Crippen molar-refractivity contribution in [3.05, 3.63) is 35.0 Å². The van der Waals surface area contributed by atoms with Crippen LogP contribution >= 0.6 is 24.8 Å². The molecule has 0 aromatic heterocycles. The third kappa shape index (κ3) is 6.43. The number of nitrogens with two attached hydrogens (primary N) is 1. The number of carbonyl (C=O) groups is 1. The van der Waals surface area contributed by atoms with Crippen LogP contribution in [-0.2, 0) is 0 Å². The summed E-state index contributed by atoms with van der Waals surface area (Å²) in [5, 5.41) is 14.7. The van der Waals surface area contributed by atoms with Gasteiger partial charge >= 0.3 is 0 Å². The zero-order valence-electron chi connectivity index (χ0n) is 11.8. The van der Waals surface area contributed by atoms with Crippen molar-refractivity contribution >= 4 is 36.4 Å². The van der Waals surface area contributed by atoms with Crippen LogP contribution in [0.4, 0.5) is 5.69 Å². The maximum Gasteiger partial charge on any atom is 0.251 e. The Morgan fingerprint density at radius 2 is 1.70 bits per heavy atom. The van der Waals surface area contributed by atoms with E-state index in [0.717, 1.165) is 0 Å². The van der Waals surface area contributed by atoms with Crippen molar-refractivity contribution in [1.29, 1.82) is 0 Å². The third-order valence-corrected chi connectivity index (χ3v) is 3.13. The first-order valence-corrected chi connectivity index (χ1v) is 6.21. The van der Waals surface area contributed by atoms with Gasteiger partial charge in [0.1, 0.15) is 0 Å². The summed E-state index contributed by atoms with van der Waals surface area (Å²) >= 11 is 0. The van der Waals surface area contributed by atoms with Gasteiger partial charge in [0.2, 0.25) is 0 Å². The fraction of sp³-hybridized carbons (Fsp3) is 0.462. The summed E-state index contributed by atoms with van der Waals surface area (Å²) in [6.45, 7) is 5.54. The van der Waals surface area contributed by atoms with Crippen molar-refractivity contribution in [1.82, 2.24) is 5.32 Å². The summed E-state index contributed by atoms with van der Waals surface area (Å²) < 4.78 is -0.276. The number of halogens is 2. The summed E-state index contributed by atoms with van der Waals surface area (Å²) in [4.78, 5) is 11.8. The molecule has 0 aliphatic carbocycles. The summed E-state index contributed by atoms with van der Waals surface area (Å²) in [6.07, 6.45) is 0. The number of rotatable bonds is 6. The highest BCUT2D eigenvalue weighted by Crippen LogP contribution is 2.05. The van der Waals surface area contributed by atoms with E-state index in [2.05, 4.69) is 5.32 Å². The van der Waals surface area contributed by atoms with Crippen LogP contribution in [0.25, 0.3) is 0 Å². The minimum absolute atomic E-state index is 0. The van der Waals surface area contributed by atoms with Gasteiger partial charge in [-0.2, -0.15) is 0 Å². The average Bonchev–Trinajstić information content (AvgIpc) is 2.39. The van der Waals surface area contributed by atoms with Gasteiger partial charge in [0.15, 0.2) is 0 Å². The lowest BCUT2D eigenvalue weighted by atomic mass is 10.2. The number of hydrogen-bond acceptors (Lipinski definition) is 3. The second-order valence-corrected chi connectivity index (χ2v) is 4.29. The summed E-state index contributed by atoms with van der Waals surface area (Å²) in [5.74, 6) is -0.172. The van der Waals surface area contributed by atoms with Crippen LogP contribution < -0.4 is 11.1 Å². The Bertz CT molecular complexity index is 395. The highest BCUT2D eigenvalue weighted by atomic mass is 35.5. The van der Waals surface area contributed by atoms with Gasteiger partial charge in [-0.1, -0.05) is 0 Å². The Hall–Kier alpha value is -1.01. The number of hydrogen-bond donors (Lipinski definition) is 2. The molecule has 0 unspecified atom stereocenters. The maximum atomic E-state index is 12.0. The number of likely N-dealkylation sites (N-methyl/N-ethyl adjacent to an activating group) is 1. The molecule has 0 spiro atoms. The number of hydroxylamine groups is 3. The number of quaternary nitrogens is 1. The molecule has 1 rings (SSSR count). The summed E-state index contributed by atoms with van der Waals surface area (Å²) in [7, 11) is 0. The first kappa shape index (κ1) is 21.3. The first-order chi connectivity index (χ1) is 8.50. The van der Waals surface area contributed by atoms with Gasteiger partial charge in [-0.3, -0.25) is 4.79 Å². The smallest absolute Gasteiger partial charge is 0.251 e. The van der Waals surface area contributed by atoms with E-state index in [-0.39, 0.29) is 35.4 Å². The summed E-state index contributed by atoms with van der Waals surface area (Å²) in [5.41, 5.74) is 6.73. The molecule has 0 aliphatic heterocycles. The molecule has 0 radical (unpaired) electrons. The number of anilines is 1. The standard InChI is InChI=1S/C13H21N3O2.2ClH/c1-3-16(18,4-2)10-9-15-13(17)11-5-7-12(14)8-6-11;;/h5-8H,3-4,9-10,14H2,1-2H3,(H,15,17);2*1H. The fourth-order valence-electron chi connectivity index (χ4n) is 1.65. The molecule has 116 valence electrons. The Labute approximate surface area is 132 Å². The van der Waals surface area contributed by atoms with Gasteiger partial charge in [0.05, 0.1) is 26.2 Å². The third-order valence-electron chi connectivity index (χ3n) is 3.13. The zero-order valence-corrected chi connectivity index (χ0v) is 13.4. The molecule has 7 heteroatoms. The van der Waals surface area contributed by atoms with Crippen LogP contribution in [0.5, 0.6) is 0 Å². The highest BCUT2D eigenvalue weighted by Gasteiger charge is 2.12. The number of nitrogens with one attached hydrogen (secondary N) is 1. The maximum absolute atomic E-state index is 12.0. The Morgan fingerprint density at radius 3 is 2.15 bits per heavy atom. The van der Waals surface area contributed by atoms with Crippen molar-refractivity contribution in [2.45, 2.75) is 13.8 Å². The van der Waals surface area contributed by atoms with E-state index in [1.54, 1.807) is 24.3 Å². The molecule has 0 saturated heterocycles. The van der Waals surface area contributed by atoms with E-state index in [1.165, 1.54) is 0 Å². The van der Waals surface area contributed by atoms with Crippen LogP contribution in [-0.4, -0.2) is 36.7 Å². The van der Waals surface area contributed by atoms with Crippen molar-refractivity contribution in [3.8, 4) is 0 Å². The van der Waals surface area contributed by atoms with Gasteiger partial charge < -0.3 is 20.9 Å². The average molecular weight is 324 g/mol. The second-order valence-electron chi connectivity index (χ2n) is 4.29. The summed E-state index contributed by atoms with van der Waals surface area (Å²) in [6, 6.07) is 6.70. The number of benzene rings is 1. The van der Waals surface area contributed by atoms with Gasteiger partial charge in [-0.15, -0.1) is 24.8 Å². The van der Waals surface area contributed by atoms with E-state index >= 15 is 0 Å². The van der Waals surface area contributed by atoms with E-state index in [9.17, 15) is 10.0 Å². The number of nitrogen functional groups attached to an aromatic ring is 1. The highest BCUT2D eigenvalue weighted by molar-refractivity contribution is 5.94. The van der Waals surface area contributed by atoms with Crippen LogP contribution in [0, 0.1) is 5.21 Å². The van der Waals surface area contributed by atoms with Crippen LogP contribution in [0.3, 0.4) is 0 Å². The molecule has 20 heavy (non-hydrogen) atoms. The monoisotopic (exact) mass is 323 g/mol. The van der Waals surface area contributed by atoms with Crippen molar-refractivity contribution in [2.24, 2.45) is 0 Å². The van der Waals surface area contributed by atoms with Gasteiger partial charge in [-0.05, 0) is 38.1 Å². The molecule has 0 atom stereocenters. The van der Waals surface area contributed by atoms with Gasteiger partial charge in [0.25, 0.3) is 5.91 Å². The lowest BCUT2D eigenvalue weighted by Crippen LogP contribution is -2.46. The molecule has 3 N–H and O–H groups in total. The fourth-order valence-corrected chi connectivity index (χ4v) is 1.65. The SMILES string of the molecule is CC[N+]([O-])(CC)CCNC(=O)c1ccc(N)cc1.Cl.Cl. The van der Waals surface area contributed by atoms with Gasteiger partial charge in [-0.25, -0.2) is 0 Å². The van der Waals surface area contributed by atoms with Crippen LogP contribution in [0.2, 0.25) is 0 Å². The quantitative estimate of drug-likeness (QED) is 0.478. The Kier molecular flexibility index (Phi) is 10.5. The predicted octanol–water partition coefficient (Wildman–Crippen LogP) is 2.20. The van der Waals surface area contributed by atoms with Gasteiger partial charge in [0, 0.05) is 11.3 Å². The van der Waals surface area contributed by atoms with E-state index in [1.807, 2.05) is 13.8 Å². The Balaban J connectivity index is 0. The largest absolute Gasteiger partial charge is 0.633 e. The van der Waals surface area contributed by atoms with Crippen molar-refractivity contribution in [3.63, 3.8) is 0 Å². The van der Waals surface area contributed by atoms with E-state index < -0.39 is 0 Å². The molecular formula is C13H23Cl2N3O2. The number of amides is 1. The van der Waals surface area contributed by atoms with Crippen LogP contribution in [0.15, 0.2) is 24.3 Å². The molecule has 1 aromatic rings. The number of nitrogens with zero attached hydrogens (tertiary/aromatic N) is 1. The van der Waals surface area contributed by atoms with Crippen molar-refractivity contribution in [2.75, 3.05) is 31.9 Å². The molecule has 0 bridgehead atoms. The molecule has 0 heterocycles. The molecule has 1 aromatic carbocycles. The molecule has 5 nitrogen and oxygen atoms in total. The molecular weight excluding hydrogens is 301 g/mol. The normalized spacial score (nSPS) is 10.2. The predicted molar refractivity (Wildman–Crippen MR) is 87.3 cm³/mol. The topological polar surface area (TPSA) is 78.2 Å². The van der Waals surface area contributed by atoms with E-state index in [0.29, 0.717) is 37.4 Å². The molecule has 1 amide bonds. The minimum Gasteiger partial charge on any atom is -0.633 e. The lowest BCUT2D eigenvalue weighted by molar-refractivity contribution is -0.875. The van der Waals surface area contributed by atoms with Crippen LogP contribution in [0.1, 0.15) is 24.2 Å². The zero-order chi connectivity index (χ0) is 13.6. The van der Waals surface area contributed by atoms with E-state index in [4.69, 9.17) is 5.73 Å². The molecule has 0 aliphatic rings. The first-order valence-electron chi connectivity index (χ1n) is 6.21. The Morgan fingerprint density at radius 1 is 1.20 bits per heavy atom. The minimum atomic E-state index is -0.276.